The number of anilines is 2. The third-order valence-electron chi connectivity index (χ3n) is 3.50. The molecule has 0 spiro atoms. The number of nitrogens with zero attached hydrogens (tertiary/aromatic N) is 7. The van der Waals surface area contributed by atoms with E-state index in [-0.39, 0.29) is 36.9 Å². The minimum absolute atomic E-state index is 0.00649. The first-order valence-electron chi connectivity index (χ1n) is 8.09. The monoisotopic (exact) mass is 365 g/mol. The number of carbonyl (C=O) groups excluding carboxylic acids is 1. The fraction of sp³-hybridized carbons (Fsp3) is 0.176. The van der Waals surface area contributed by atoms with Crippen LogP contribution in [0.15, 0.2) is 48.9 Å². The smallest absolute Gasteiger partial charge is 0.303 e. The largest absolute Gasteiger partial charge is 0.481 e. The van der Waals surface area contributed by atoms with Gasteiger partial charge in [-0.25, -0.2) is 4.90 Å². The van der Waals surface area contributed by atoms with Crippen molar-refractivity contribution in [2.45, 2.75) is 19.3 Å². The minimum atomic E-state index is -0.963. The predicted molar refractivity (Wildman–Crippen MR) is 93.7 cm³/mol. The molecule has 0 saturated heterocycles. The molecule has 0 radical (unpaired) electrons. The first-order valence-corrected chi connectivity index (χ1v) is 8.09. The van der Waals surface area contributed by atoms with E-state index in [1.807, 2.05) is 0 Å². The van der Waals surface area contributed by atoms with Gasteiger partial charge in [-0.15, -0.1) is 20.4 Å². The van der Waals surface area contributed by atoms with Crippen molar-refractivity contribution >= 4 is 23.5 Å². The molecule has 136 valence electrons. The van der Waals surface area contributed by atoms with E-state index >= 15 is 0 Å². The van der Waals surface area contributed by atoms with Gasteiger partial charge in [0.15, 0.2) is 0 Å². The summed E-state index contributed by atoms with van der Waals surface area (Å²) in [5.41, 5.74) is 0.941. The first kappa shape index (κ1) is 18.0. The van der Waals surface area contributed by atoms with Crippen molar-refractivity contribution in [2.24, 2.45) is 0 Å². The van der Waals surface area contributed by atoms with Crippen LogP contribution in [0.25, 0.3) is 11.5 Å². The average molecular weight is 365 g/mol. The molecule has 0 unspecified atom stereocenters. The van der Waals surface area contributed by atoms with Gasteiger partial charge in [-0.2, -0.15) is 0 Å². The molecule has 0 aromatic carbocycles. The average Bonchev–Trinajstić information content (AvgIpc) is 2.70. The lowest BCUT2D eigenvalue weighted by Gasteiger charge is -2.19. The van der Waals surface area contributed by atoms with Crippen molar-refractivity contribution in [1.82, 2.24) is 30.4 Å². The number of hydrogen-bond acceptors (Lipinski definition) is 8. The van der Waals surface area contributed by atoms with Crippen molar-refractivity contribution in [1.29, 1.82) is 0 Å². The van der Waals surface area contributed by atoms with Crippen LogP contribution in [0.5, 0.6) is 0 Å². The van der Waals surface area contributed by atoms with Gasteiger partial charge in [0.2, 0.25) is 11.7 Å². The molecule has 10 nitrogen and oxygen atoms in total. The number of pyridine rings is 2. The highest BCUT2D eigenvalue weighted by Gasteiger charge is 2.22. The van der Waals surface area contributed by atoms with Gasteiger partial charge < -0.3 is 5.11 Å². The lowest BCUT2D eigenvalue weighted by molar-refractivity contribution is -0.137. The van der Waals surface area contributed by atoms with E-state index in [4.69, 9.17) is 5.11 Å². The van der Waals surface area contributed by atoms with Crippen molar-refractivity contribution < 1.29 is 14.7 Å². The van der Waals surface area contributed by atoms with Gasteiger partial charge in [-0.1, -0.05) is 6.07 Å². The molecular weight excluding hydrogens is 350 g/mol. The Labute approximate surface area is 154 Å². The molecule has 0 aliphatic carbocycles. The maximum Gasteiger partial charge on any atom is 0.303 e. The summed E-state index contributed by atoms with van der Waals surface area (Å²) in [6, 6.07) is 8.59. The lowest BCUT2D eigenvalue weighted by atomic mass is 10.2. The van der Waals surface area contributed by atoms with Crippen LogP contribution in [0.4, 0.5) is 11.6 Å². The summed E-state index contributed by atoms with van der Waals surface area (Å²) >= 11 is 0. The van der Waals surface area contributed by atoms with E-state index in [9.17, 15) is 9.59 Å². The van der Waals surface area contributed by atoms with Crippen molar-refractivity contribution in [2.75, 3.05) is 4.90 Å². The summed E-state index contributed by atoms with van der Waals surface area (Å²) in [7, 11) is 0. The molecule has 0 aliphatic heterocycles. The summed E-state index contributed by atoms with van der Waals surface area (Å²) in [6.45, 7) is 0. The second-order valence-electron chi connectivity index (χ2n) is 5.43. The second-order valence-corrected chi connectivity index (χ2v) is 5.43. The van der Waals surface area contributed by atoms with Crippen LogP contribution < -0.4 is 4.90 Å². The summed E-state index contributed by atoms with van der Waals surface area (Å²) in [6.07, 6.45) is 4.73. The van der Waals surface area contributed by atoms with E-state index in [1.165, 1.54) is 11.1 Å². The zero-order valence-corrected chi connectivity index (χ0v) is 14.1. The molecule has 0 fully saturated rings. The molecule has 10 heteroatoms. The van der Waals surface area contributed by atoms with Crippen LogP contribution in [0.2, 0.25) is 0 Å². The van der Waals surface area contributed by atoms with Crippen LogP contribution in [0.1, 0.15) is 19.3 Å². The molecule has 0 saturated carbocycles. The summed E-state index contributed by atoms with van der Waals surface area (Å²) in [4.78, 5) is 32.6. The van der Waals surface area contributed by atoms with Crippen LogP contribution in [0, 0.1) is 0 Å². The standard InChI is InChI=1S/C17H15N7O3/c25-14(7-3-8-15(26)27)24(12-5-4-9-18-11-12)17-22-20-16(21-23-17)13-6-1-2-10-19-13/h1-2,4-6,9-11H,3,7-8H2,(H,26,27). The summed E-state index contributed by atoms with van der Waals surface area (Å²) in [5, 5.41) is 24.7. The molecule has 3 rings (SSSR count). The highest BCUT2D eigenvalue weighted by atomic mass is 16.4. The quantitative estimate of drug-likeness (QED) is 0.662. The molecular formula is C17H15N7O3. The Balaban J connectivity index is 1.86. The number of aliphatic carboxylic acids is 1. The van der Waals surface area contributed by atoms with Crippen molar-refractivity contribution in [3.63, 3.8) is 0 Å². The Bertz CT molecular complexity index is 905. The minimum Gasteiger partial charge on any atom is -0.481 e. The molecule has 3 aromatic heterocycles. The topological polar surface area (TPSA) is 135 Å². The number of hydrogen-bond donors (Lipinski definition) is 1. The fourth-order valence-electron chi connectivity index (χ4n) is 2.27. The fourth-order valence-corrected chi connectivity index (χ4v) is 2.27. The normalized spacial score (nSPS) is 10.4. The molecule has 3 heterocycles. The van der Waals surface area contributed by atoms with Crippen LogP contribution >= 0.6 is 0 Å². The van der Waals surface area contributed by atoms with E-state index in [0.29, 0.717) is 11.4 Å². The van der Waals surface area contributed by atoms with Crippen LogP contribution in [-0.2, 0) is 9.59 Å². The molecule has 1 amide bonds. The number of carboxylic acids is 1. The number of amides is 1. The molecule has 0 atom stereocenters. The van der Waals surface area contributed by atoms with Crippen LogP contribution in [-0.4, -0.2) is 47.3 Å². The molecule has 1 N–H and O–H groups in total. The van der Waals surface area contributed by atoms with Crippen molar-refractivity contribution in [3.8, 4) is 11.5 Å². The molecule has 0 bridgehead atoms. The maximum absolute atomic E-state index is 12.6. The number of carbonyl (C=O) groups is 2. The number of carboxylic acid groups (broad SMARTS) is 1. The zero-order chi connectivity index (χ0) is 19.1. The third kappa shape index (κ3) is 4.63. The van der Waals surface area contributed by atoms with Gasteiger partial charge in [0.25, 0.3) is 5.95 Å². The molecule has 27 heavy (non-hydrogen) atoms. The first-order chi connectivity index (χ1) is 13.1. The Morgan fingerprint density at radius 2 is 1.78 bits per heavy atom. The van der Waals surface area contributed by atoms with E-state index < -0.39 is 5.97 Å². The Hall–Kier alpha value is -3.82. The van der Waals surface area contributed by atoms with Crippen molar-refractivity contribution in [3.05, 3.63) is 48.9 Å². The SMILES string of the molecule is O=C(O)CCCC(=O)N(c1cccnc1)c1nnc(-c2ccccn2)nn1. The lowest BCUT2D eigenvalue weighted by Crippen LogP contribution is -2.28. The molecule has 3 aromatic rings. The third-order valence-corrected chi connectivity index (χ3v) is 3.50. The van der Waals surface area contributed by atoms with E-state index in [2.05, 4.69) is 30.4 Å². The van der Waals surface area contributed by atoms with Gasteiger partial charge in [0, 0.05) is 25.2 Å². The zero-order valence-electron chi connectivity index (χ0n) is 14.1. The van der Waals surface area contributed by atoms with Gasteiger partial charge in [-0.05, 0) is 30.7 Å². The predicted octanol–water partition coefficient (Wildman–Crippen LogP) is 1.64. The highest BCUT2D eigenvalue weighted by molar-refractivity contribution is 5.98. The number of aromatic nitrogens is 6. The second kappa shape index (κ2) is 8.52. The van der Waals surface area contributed by atoms with E-state index in [0.717, 1.165) is 0 Å². The highest BCUT2D eigenvalue weighted by Crippen LogP contribution is 2.22. The van der Waals surface area contributed by atoms with Gasteiger partial charge >= 0.3 is 5.97 Å². The summed E-state index contributed by atoms with van der Waals surface area (Å²) < 4.78 is 0. The maximum atomic E-state index is 12.6. The van der Waals surface area contributed by atoms with Crippen LogP contribution in [0.3, 0.4) is 0 Å². The Morgan fingerprint density at radius 1 is 0.963 bits per heavy atom. The van der Waals surface area contributed by atoms with E-state index in [1.54, 1.807) is 42.7 Å². The summed E-state index contributed by atoms with van der Waals surface area (Å²) in [5.74, 6) is -1.14. The molecule has 0 aliphatic rings. The van der Waals surface area contributed by atoms with Gasteiger partial charge in [0.05, 0.1) is 11.9 Å². The van der Waals surface area contributed by atoms with Gasteiger partial charge in [-0.3, -0.25) is 19.6 Å². The Morgan fingerprint density at radius 3 is 2.41 bits per heavy atom. The number of rotatable bonds is 7. The Kier molecular flexibility index (Phi) is 5.67. The van der Waals surface area contributed by atoms with Gasteiger partial charge in [0.1, 0.15) is 5.69 Å².